The van der Waals surface area contributed by atoms with Crippen LogP contribution in [0.15, 0.2) is 57.8 Å². The first-order valence-corrected chi connectivity index (χ1v) is 13.6. The lowest BCUT2D eigenvalue weighted by Gasteiger charge is -2.36. The largest absolute Gasteiger partial charge is 0.460 e. The molecule has 1 aliphatic carbocycles. The highest BCUT2D eigenvalue weighted by Crippen LogP contribution is 2.45. The predicted octanol–water partition coefficient (Wildman–Crippen LogP) is 7.54. The van der Waals surface area contributed by atoms with Crippen molar-refractivity contribution in [2.45, 2.75) is 65.2 Å². The molecule has 0 aliphatic heterocycles. The van der Waals surface area contributed by atoms with Crippen LogP contribution in [0.25, 0.3) is 21.7 Å². The van der Waals surface area contributed by atoms with E-state index in [1.54, 1.807) is 6.07 Å². The van der Waals surface area contributed by atoms with Crippen molar-refractivity contribution >= 4 is 37.5 Å². The molecule has 0 saturated carbocycles. The highest BCUT2D eigenvalue weighted by atomic mass is 32.2. The van der Waals surface area contributed by atoms with E-state index in [-0.39, 0.29) is 5.41 Å². The number of anilines is 1. The Kier molecular flexibility index (Phi) is 5.51. The molecular weight excluding hydrogens is 442 g/mol. The van der Waals surface area contributed by atoms with E-state index in [0.717, 1.165) is 64.3 Å². The van der Waals surface area contributed by atoms with Gasteiger partial charge in [0.25, 0.3) is 10.0 Å². The first-order chi connectivity index (χ1) is 16.1. The van der Waals surface area contributed by atoms with Crippen molar-refractivity contribution in [3.8, 4) is 0 Å². The second-order valence-electron chi connectivity index (χ2n) is 10.5. The number of hydrogen-bond donors (Lipinski definition) is 1. The van der Waals surface area contributed by atoms with E-state index in [9.17, 15) is 8.42 Å². The fourth-order valence-electron chi connectivity index (χ4n) is 5.44. The summed E-state index contributed by atoms with van der Waals surface area (Å²) in [7, 11) is -3.74. The van der Waals surface area contributed by atoms with Crippen molar-refractivity contribution in [1.82, 2.24) is 0 Å². The van der Waals surface area contributed by atoms with Crippen LogP contribution in [0, 0.1) is 25.2 Å². The molecule has 0 amide bonds. The summed E-state index contributed by atoms with van der Waals surface area (Å²) in [5, 5.41) is 2.82. The van der Waals surface area contributed by atoms with E-state index in [1.165, 1.54) is 5.56 Å². The van der Waals surface area contributed by atoms with Crippen LogP contribution < -0.4 is 4.72 Å². The van der Waals surface area contributed by atoms with E-state index >= 15 is 0 Å². The summed E-state index contributed by atoms with van der Waals surface area (Å²) < 4.78 is 36.2. The fourth-order valence-corrected chi connectivity index (χ4v) is 6.74. The van der Waals surface area contributed by atoms with Crippen LogP contribution in [0.1, 0.15) is 56.1 Å². The van der Waals surface area contributed by atoms with Crippen LogP contribution in [-0.4, -0.2) is 8.42 Å². The first-order valence-electron chi connectivity index (χ1n) is 12.2. The zero-order valence-corrected chi connectivity index (χ0v) is 21.5. The molecule has 1 aliphatic rings. The summed E-state index contributed by atoms with van der Waals surface area (Å²) in [6.07, 6.45) is 4.14. The van der Waals surface area contributed by atoms with Gasteiger partial charge in [-0.05, 0) is 55.7 Å². The Morgan fingerprint density at radius 3 is 2.47 bits per heavy atom. The van der Waals surface area contributed by atoms with Crippen molar-refractivity contribution in [2.24, 2.45) is 11.3 Å². The van der Waals surface area contributed by atoms with Gasteiger partial charge in [-0.3, -0.25) is 4.72 Å². The van der Waals surface area contributed by atoms with Crippen LogP contribution >= 0.6 is 0 Å². The van der Waals surface area contributed by atoms with Gasteiger partial charge in [0.1, 0.15) is 11.3 Å². The highest BCUT2D eigenvalue weighted by molar-refractivity contribution is 7.92. The molecule has 0 spiro atoms. The third kappa shape index (κ3) is 3.80. The minimum atomic E-state index is -3.74. The second-order valence-corrected chi connectivity index (χ2v) is 12.2. The van der Waals surface area contributed by atoms with E-state index in [4.69, 9.17) is 4.42 Å². The maximum absolute atomic E-state index is 13.4. The standard InChI is InChI=1S/C29H33NO3S/c1-6-29(4,5)20-12-13-26-23(16-20)24-17-25(21-9-7-8-10-22(21)28(24)33-26)30-34(31,32)27-14-11-18(2)15-19(27)3/h7-11,14-15,17,20,30H,6,12-13,16H2,1-5H3. The SMILES string of the molecule is CCC(C)(C)C1CCc2oc3c(cc(NS(=O)(=O)c4ccc(C)cc4C)c4ccccc43)c2C1. The second kappa shape index (κ2) is 8.16. The number of rotatable bonds is 5. The summed E-state index contributed by atoms with van der Waals surface area (Å²) >= 11 is 0. The molecule has 0 fully saturated rings. The minimum Gasteiger partial charge on any atom is -0.460 e. The third-order valence-corrected chi connectivity index (χ3v) is 9.46. The van der Waals surface area contributed by atoms with E-state index < -0.39 is 10.0 Å². The van der Waals surface area contributed by atoms with Gasteiger partial charge in [0, 0.05) is 28.1 Å². The Morgan fingerprint density at radius 1 is 1.03 bits per heavy atom. The van der Waals surface area contributed by atoms with Crippen LogP contribution in [0.2, 0.25) is 0 Å². The van der Waals surface area contributed by atoms with Gasteiger partial charge in [-0.2, -0.15) is 0 Å². The Balaban J connectivity index is 1.66. The van der Waals surface area contributed by atoms with Crippen LogP contribution in [0.4, 0.5) is 5.69 Å². The maximum Gasteiger partial charge on any atom is 0.262 e. The van der Waals surface area contributed by atoms with Crippen molar-refractivity contribution in [1.29, 1.82) is 0 Å². The first kappa shape index (κ1) is 23.0. The van der Waals surface area contributed by atoms with Crippen molar-refractivity contribution in [2.75, 3.05) is 4.72 Å². The lowest BCUT2D eigenvalue weighted by Crippen LogP contribution is -2.28. The predicted molar refractivity (Wildman–Crippen MR) is 140 cm³/mol. The molecule has 5 rings (SSSR count). The molecule has 0 radical (unpaired) electrons. The van der Waals surface area contributed by atoms with Gasteiger partial charge in [0.05, 0.1) is 10.6 Å². The minimum absolute atomic E-state index is 0.255. The summed E-state index contributed by atoms with van der Waals surface area (Å²) in [6.45, 7) is 10.8. The molecular formula is C29H33NO3S. The van der Waals surface area contributed by atoms with E-state index in [2.05, 4.69) is 25.5 Å². The molecule has 34 heavy (non-hydrogen) atoms. The number of fused-ring (bicyclic) bond motifs is 5. The summed E-state index contributed by atoms with van der Waals surface area (Å²) in [4.78, 5) is 0.307. The monoisotopic (exact) mass is 475 g/mol. The van der Waals surface area contributed by atoms with Crippen molar-refractivity contribution in [3.63, 3.8) is 0 Å². The Labute approximate surface area is 202 Å². The lowest BCUT2D eigenvalue weighted by atomic mass is 9.69. The van der Waals surface area contributed by atoms with E-state index in [1.807, 2.05) is 56.3 Å². The molecule has 1 aromatic heterocycles. The molecule has 1 N–H and O–H groups in total. The average molecular weight is 476 g/mol. The van der Waals surface area contributed by atoms with Gasteiger partial charge in [-0.1, -0.05) is 69.2 Å². The number of hydrogen-bond acceptors (Lipinski definition) is 3. The maximum atomic E-state index is 13.4. The molecule has 1 atom stereocenters. The summed E-state index contributed by atoms with van der Waals surface area (Å²) in [5.74, 6) is 1.63. The zero-order chi connectivity index (χ0) is 24.3. The smallest absolute Gasteiger partial charge is 0.262 e. The molecule has 4 aromatic rings. The molecule has 5 heteroatoms. The summed E-state index contributed by atoms with van der Waals surface area (Å²) in [5.41, 5.74) is 4.74. The number of sulfonamides is 1. The van der Waals surface area contributed by atoms with Crippen LogP contribution in [-0.2, 0) is 22.9 Å². The van der Waals surface area contributed by atoms with Crippen molar-refractivity contribution < 1.29 is 12.8 Å². The topological polar surface area (TPSA) is 59.3 Å². The summed E-state index contributed by atoms with van der Waals surface area (Å²) in [6, 6.07) is 15.3. The van der Waals surface area contributed by atoms with Gasteiger partial charge in [-0.15, -0.1) is 0 Å². The number of benzene rings is 3. The molecule has 1 unspecified atom stereocenters. The third-order valence-electron chi connectivity index (χ3n) is 7.93. The number of aryl methyl sites for hydroxylation is 3. The van der Waals surface area contributed by atoms with Gasteiger partial charge >= 0.3 is 0 Å². The molecule has 0 saturated heterocycles. The van der Waals surface area contributed by atoms with Gasteiger partial charge in [-0.25, -0.2) is 8.42 Å². The Bertz CT molecular complexity index is 1510. The zero-order valence-electron chi connectivity index (χ0n) is 20.7. The molecule has 4 nitrogen and oxygen atoms in total. The van der Waals surface area contributed by atoms with Crippen molar-refractivity contribution in [3.05, 3.63) is 71.0 Å². The van der Waals surface area contributed by atoms with E-state index in [0.29, 0.717) is 16.5 Å². The molecule has 1 heterocycles. The lowest BCUT2D eigenvalue weighted by molar-refractivity contribution is 0.179. The molecule has 178 valence electrons. The fraction of sp³-hybridized carbons (Fsp3) is 0.379. The number of nitrogens with one attached hydrogen (secondary N) is 1. The number of furan rings is 1. The van der Waals surface area contributed by atoms with Gasteiger partial charge in [0.15, 0.2) is 0 Å². The van der Waals surface area contributed by atoms with Crippen LogP contribution in [0.5, 0.6) is 0 Å². The van der Waals surface area contributed by atoms with Gasteiger partial charge < -0.3 is 4.42 Å². The molecule has 3 aromatic carbocycles. The highest BCUT2D eigenvalue weighted by Gasteiger charge is 2.34. The average Bonchev–Trinajstić information content (AvgIpc) is 3.17. The van der Waals surface area contributed by atoms with Crippen LogP contribution in [0.3, 0.4) is 0 Å². The van der Waals surface area contributed by atoms with Gasteiger partial charge in [0.2, 0.25) is 0 Å². The quantitative estimate of drug-likeness (QED) is 0.324. The normalized spacial score (nSPS) is 16.7. The Morgan fingerprint density at radius 2 is 1.76 bits per heavy atom. The molecule has 0 bridgehead atoms. The Hall–Kier alpha value is -2.79.